The van der Waals surface area contributed by atoms with Crippen molar-refractivity contribution in [2.24, 2.45) is 0 Å². The molecule has 148 valence electrons. The molecule has 2 heterocycles. The van der Waals surface area contributed by atoms with Crippen LogP contribution < -0.4 is 10.1 Å². The summed E-state index contributed by atoms with van der Waals surface area (Å²) in [7, 11) is 1.49. The Balaban J connectivity index is 2.05. The molecule has 1 N–H and O–H groups in total. The Morgan fingerprint density at radius 2 is 1.96 bits per heavy atom. The van der Waals surface area contributed by atoms with E-state index in [4.69, 9.17) is 4.74 Å². The van der Waals surface area contributed by atoms with Crippen molar-refractivity contribution in [1.82, 2.24) is 15.0 Å². The number of halogens is 5. The molecule has 0 aliphatic carbocycles. The summed E-state index contributed by atoms with van der Waals surface area (Å²) in [4.78, 5) is 13.0. The fourth-order valence-corrected chi connectivity index (χ4v) is 3.66. The zero-order valence-corrected chi connectivity index (χ0v) is 18.8. The first-order valence-corrected chi connectivity index (χ1v) is 10.00. The number of aromatic nitrogens is 3. The van der Waals surface area contributed by atoms with E-state index in [-0.39, 0.29) is 5.56 Å². The lowest BCUT2D eigenvalue weighted by atomic mass is 10.0. The summed E-state index contributed by atoms with van der Waals surface area (Å²) < 4.78 is 44.4. The zero-order valence-electron chi connectivity index (χ0n) is 15.0. The largest absolute Gasteiger partial charge is 0.480 e. The van der Waals surface area contributed by atoms with Gasteiger partial charge in [0.15, 0.2) is 5.65 Å². The van der Waals surface area contributed by atoms with Crippen LogP contribution in [0.4, 0.5) is 19.0 Å². The predicted molar refractivity (Wildman–Crippen MR) is 113 cm³/mol. The van der Waals surface area contributed by atoms with Crippen LogP contribution in [0.15, 0.2) is 28.7 Å². The van der Waals surface area contributed by atoms with E-state index in [0.29, 0.717) is 33.0 Å². The van der Waals surface area contributed by atoms with E-state index in [9.17, 15) is 13.2 Å². The van der Waals surface area contributed by atoms with Gasteiger partial charge < -0.3 is 10.1 Å². The van der Waals surface area contributed by atoms with Crippen molar-refractivity contribution in [3.8, 4) is 5.88 Å². The molecular weight excluding hydrogens is 552 g/mol. The first-order valence-electron chi connectivity index (χ1n) is 8.12. The van der Waals surface area contributed by atoms with Gasteiger partial charge in [-0.1, -0.05) is 12.1 Å². The molecule has 0 bridgehead atoms. The van der Waals surface area contributed by atoms with Crippen molar-refractivity contribution in [3.05, 3.63) is 51.5 Å². The van der Waals surface area contributed by atoms with Gasteiger partial charge >= 0.3 is 3.93 Å². The molecule has 0 amide bonds. The molecule has 0 fully saturated rings. The van der Waals surface area contributed by atoms with E-state index in [1.54, 1.807) is 19.9 Å². The van der Waals surface area contributed by atoms with Gasteiger partial charge in [-0.15, -0.1) is 0 Å². The predicted octanol–water partition coefficient (Wildman–Crippen LogP) is 5.90. The van der Waals surface area contributed by atoms with Gasteiger partial charge in [0, 0.05) is 28.2 Å². The molecule has 0 saturated carbocycles. The minimum atomic E-state index is -3.30. The molecular formula is C18H15BrF3IN4O. The van der Waals surface area contributed by atoms with Gasteiger partial charge in [-0.2, -0.15) is 13.8 Å². The SMILES string of the molecule is COc1nc2nc(C)nc(N[C@H](C)c3cccc(C(F)(F)I)c3F)c2cc1Br. The number of hydrogen-bond donors (Lipinski definition) is 1. The number of hydrogen-bond acceptors (Lipinski definition) is 5. The van der Waals surface area contributed by atoms with Crippen LogP contribution in [0.5, 0.6) is 5.88 Å². The van der Waals surface area contributed by atoms with Crippen LogP contribution in [-0.4, -0.2) is 22.1 Å². The Kier molecular flexibility index (Phi) is 5.99. The monoisotopic (exact) mass is 566 g/mol. The summed E-state index contributed by atoms with van der Waals surface area (Å²) in [5.41, 5.74) is -0.147. The number of fused-ring (bicyclic) bond motifs is 1. The topological polar surface area (TPSA) is 59.9 Å². The first kappa shape index (κ1) is 21.0. The smallest absolute Gasteiger partial charge is 0.324 e. The van der Waals surface area contributed by atoms with Crippen molar-refractivity contribution in [3.63, 3.8) is 0 Å². The van der Waals surface area contributed by atoms with E-state index >= 15 is 0 Å². The second kappa shape index (κ2) is 7.97. The summed E-state index contributed by atoms with van der Waals surface area (Å²) in [6, 6.07) is 5.06. The van der Waals surface area contributed by atoms with Crippen molar-refractivity contribution >= 4 is 55.4 Å². The lowest BCUT2D eigenvalue weighted by molar-refractivity contribution is 0.122. The molecule has 1 aromatic carbocycles. The summed E-state index contributed by atoms with van der Waals surface area (Å²) in [5.74, 6) is 0.287. The number of benzene rings is 1. The Hall–Kier alpha value is -1.69. The Morgan fingerprint density at radius 3 is 2.61 bits per heavy atom. The minimum absolute atomic E-state index is 0.110. The second-order valence-corrected chi connectivity index (χ2v) is 8.25. The van der Waals surface area contributed by atoms with Gasteiger partial charge in [0.05, 0.1) is 28.6 Å². The summed E-state index contributed by atoms with van der Waals surface area (Å²) in [6.07, 6.45) is 0. The quantitative estimate of drug-likeness (QED) is 0.308. The fourth-order valence-electron chi connectivity index (χ4n) is 2.76. The Labute approximate surface area is 181 Å². The maximum Gasteiger partial charge on any atom is 0.324 e. The average molecular weight is 567 g/mol. The molecule has 0 saturated heterocycles. The third kappa shape index (κ3) is 4.17. The number of nitrogens with one attached hydrogen (secondary N) is 1. The van der Waals surface area contributed by atoms with Crippen LogP contribution in [0.25, 0.3) is 11.0 Å². The van der Waals surface area contributed by atoms with Gasteiger partial charge in [0.25, 0.3) is 0 Å². The molecule has 0 spiro atoms. The lowest BCUT2D eigenvalue weighted by Crippen LogP contribution is -2.14. The van der Waals surface area contributed by atoms with E-state index in [1.165, 1.54) is 19.2 Å². The van der Waals surface area contributed by atoms with Crippen molar-refractivity contribution in [2.75, 3.05) is 12.4 Å². The molecule has 1 atom stereocenters. The first-order chi connectivity index (χ1) is 13.1. The average Bonchev–Trinajstić information content (AvgIpc) is 2.60. The van der Waals surface area contributed by atoms with Crippen LogP contribution in [0, 0.1) is 12.7 Å². The summed E-state index contributed by atoms with van der Waals surface area (Å²) in [5, 5.41) is 3.67. The number of anilines is 1. The third-order valence-electron chi connectivity index (χ3n) is 4.07. The number of pyridine rings is 1. The number of nitrogens with zero attached hydrogens (tertiary/aromatic N) is 3. The van der Waals surface area contributed by atoms with Crippen molar-refractivity contribution < 1.29 is 17.9 Å². The van der Waals surface area contributed by atoms with Gasteiger partial charge in [-0.25, -0.2) is 14.4 Å². The molecule has 28 heavy (non-hydrogen) atoms. The fraction of sp³-hybridized carbons (Fsp3) is 0.278. The highest BCUT2D eigenvalue weighted by Crippen LogP contribution is 2.39. The second-order valence-electron chi connectivity index (χ2n) is 6.04. The van der Waals surface area contributed by atoms with Gasteiger partial charge in [0.1, 0.15) is 17.5 Å². The number of methoxy groups -OCH3 is 1. The van der Waals surface area contributed by atoms with Crippen LogP contribution in [0.2, 0.25) is 0 Å². The van der Waals surface area contributed by atoms with Gasteiger partial charge in [-0.3, -0.25) is 0 Å². The maximum atomic E-state index is 14.7. The number of ether oxygens (including phenoxy) is 1. The van der Waals surface area contributed by atoms with Crippen molar-refractivity contribution in [1.29, 1.82) is 0 Å². The van der Waals surface area contributed by atoms with Crippen LogP contribution in [0.3, 0.4) is 0 Å². The molecule has 5 nitrogen and oxygen atoms in total. The van der Waals surface area contributed by atoms with Gasteiger partial charge in [-0.05, 0) is 41.9 Å². The minimum Gasteiger partial charge on any atom is -0.480 e. The van der Waals surface area contributed by atoms with Crippen LogP contribution in [0.1, 0.15) is 29.9 Å². The van der Waals surface area contributed by atoms with Gasteiger partial charge in [0.2, 0.25) is 5.88 Å². The van der Waals surface area contributed by atoms with Crippen molar-refractivity contribution in [2.45, 2.75) is 23.8 Å². The lowest BCUT2D eigenvalue weighted by Gasteiger charge is -2.20. The summed E-state index contributed by atoms with van der Waals surface area (Å²) >= 11 is 4.29. The normalized spacial score (nSPS) is 12.9. The highest BCUT2D eigenvalue weighted by atomic mass is 127. The number of rotatable bonds is 5. The third-order valence-corrected chi connectivity index (χ3v) is 5.22. The van der Waals surface area contributed by atoms with Crippen LogP contribution >= 0.6 is 38.5 Å². The standard InChI is InChI=1S/C18H15BrF3IN4O/c1-8(10-5-4-6-12(14(10)20)18(21,22)23)24-15-11-7-13(19)17(28-3)27-16(11)26-9(2)25-15/h4-8H,1-3H3,(H,24,25,26,27)/t8-/m1/s1. The highest BCUT2D eigenvalue weighted by Gasteiger charge is 2.32. The highest BCUT2D eigenvalue weighted by molar-refractivity contribution is 14.1. The van der Waals surface area contributed by atoms with Crippen LogP contribution in [-0.2, 0) is 3.93 Å². The molecule has 0 radical (unpaired) electrons. The number of aryl methyl sites for hydroxylation is 1. The van der Waals surface area contributed by atoms with E-state index in [2.05, 4.69) is 36.2 Å². The zero-order chi connectivity index (χ0) is 20.6. The molecule has 0 unspecified atom stereocenters. The molecule has 3 aromatic rings. The molecule has 0 aliphatic heterocycles. The molecule has 0 aliphatic rings. The van der Waals surface area contributed by atoms with E-state index in [0.717, 1.165) is 28.7 Å². The Bertz CT molecular complexity index is 1050. The maximum absolute atomic E-state index is 14.7. The molecule has 10 heteroatoms. The number of alkyl halides is 3. The molecule has 3 rings (SSSR count). The molecule has 2 aromatic heterocycles. The summed E-state index contributed by atoms with van der Waals surface area (Å²) in [6.45, 7) is 3.37. The van der Waals surface area contributed by atoms with E-state index < -0.39 is 21.4 Å². The van der Waals surface area contributed by atoms with E-state index in [1.807, 2.05) is 0 Å². The Morgan fingerprint density at radius 1 is 1.25 bits per heavy atom.